The molecule has 1 N–H and O–H groups in total. The molecule has 1 amide bonds. The van der Waals surface area contributed by atoms with Crippen LogP contribution >= 0.6 is 11.3 Å². The van der Waals surface area contributed by atoms with Crippen LogP contribution in [0.3, 0.4) is 0 Å². The SMILES string of the molecule is COCc1cnc(NC(=O)c2cc(CN3CCCC3)on2)s1. The highest BCUT2D eigenvalue weighted by Gasteiger charge is 2.18. The Labute approximate surface area is 132 Å². The number of methoxy groups -OCH3 is 1. The zero-order valence-electron chi connectivity index (χ0n) is 12.4. The van der Waals surface area contributed by atoms with Crippen molar-refractivity contribution in [2.45, 2.75) is 26.0 Å². The molecule has 1 aliphatic heterocycles. The van der Waals surface area contributed by atoms with Crippen LogP contribution in [0.1, 0.15) is 34.0 Å². The Kier molecular flexibility index (Phi) is 4.81. The molecule has 0 saturated carbocycles. The van der Waals surface area contributed by atoms with E-state index in [4.69, 9.17) is 9.26 Å². The first-order valence-corrected chi connectivity index (χ1v) is 7.99. The second-order valence-electron chi connectivity index (χ2n) is 5.18. The maximum absolute atomic E-state index is 12.1. The Morgan fingerprint density at radius 1 is 1.50 bits per heavy atom. The average Bonchev–Trinajstić information content (AvgIpc) is 3.22. The molecular weight excluding hydrogens is 304 g/mol. The van der Waals surface area contributed by atoms with Crippen LogP contribution in [0.5, 0.6) is 0 Å². The van der Waals surface area contributed by atoms with Crippen molar-refractivity contribution < 1.29 is 14.1 Å². The van der Waals surface area contributed by atoms with Gasteiger partial charge in [-0.15, -0.1) is 0 Å². The third kappa shape index (κ3) is 3.70. The summed E-state index contributed by atoms with van der Waals surface area (Å²) in [6, 6.07) is 1.69. The number of carbonyl (C=O) groups is 1. The Morgan fingerprint density at radius 2 is 2.32 bits per heavy atom. The molecule has 2 aromatic heterocycles. The summed E-state index contributed by atoms with van der Waals surface area (Å²) in [6.07, 6.45) is 4.12. The highest BCUT2D eigenvalue weighted by molar-refractivity contribution is 7.15. The summed E-state index contributed by atoms with van der Waals surface area (Å²) in [5.74, 6) is 0.404. The smallest absolute Gasteiger partial charge is 0.279 e. The molecule has 0 aliphatic carbocycles. The summed E-state index contributed by atoms with van der Waals surface area (Å²) in [5, 5.41) is 7.09. The molecule has 0 spiro atoms. The Hall–Kier alpha value is -1.77. The molecule has 1 saturated heterocycles. The fourth-order valence-corrected chi connectivity index (χ4v) is 3.17. The first-order chi connectivity index (χ1) is 10.7. The van der Waals surface area contributed by atoms with Crippen molar-refractivity contribution in [3.63, 3.8) is 0 Å². The van der Waals surface area contributed by atoms with Gasteiger partial charge in [-0.25, -0.2) is 4.98 Å². The predicted octanol–water partition coefficient (Wildman–Crippen LogP) is 2.13. The zero-order valence-corrected chi connectivity index (χ0v) is 13.2. The van der Waals surface area contributed by atoms with Gasteiger partial charge in [0.1, 0.15) is 0 Å². The predicted molar refractivity (Wildman–Crippen MR) is 81.8 cm³/mol. The van der Waals surface area contributed by atoms with Gasteiger partial charge in [0.2, 0.25) is 0 Å². The molecule has 1 aliphatic rings. The van der Waals surface area contributed by atoms with Crippen LogP contribution in [-0.2, 0) is 17.9 Å². The number of rotatable bonds is 6. The Bertz CT molecular complexity index is 634. The molecule has 1 fully saturated rings. The van der Waals surface area contributed by atoms with Crippen molar-refractivity contribution in [2.75, 3.05) is 25.5 Å². The largest absolute Gasteiger partial charge is 0.379 e. The minimum atomic E-state index is -0.310. The zero-order chi connectivity index (χ0) is 15.4. The monoisotopic (exact) mass is 322 g/mol. The van der Waals surface area contributed by atoms with Crippen LogP contribution in [0.15, 0.2) is 16.8 Å². The number of ether oxygens (including phenoxy) is 1. The molecule has 7 nitrogen and oxygen atoms in total. The maximum atomic E-state index is 12.1. The lowest BCUT2D eigenvalue weighted by Crippen LogP contribution is -2.17. The topological polar surface area (TPSA) is 80.5 Å². The Balaban J connectivity index is 1.58. The lowest BCUT2D eigenvalue weighted by molar-refractivity contribution is 0.101. The molecule has 22 heavy (non-hydrogen) atoms. The molecule has 0 radical (unpaired) electrons. The summed E-state index contributed by atoms with van der Waals surface area (Å²) >= 11 is 1.38. The summed E-state index contributed by atoms with van der Waals surface area (Å²) in [6.45, 7) is 3.33. The van der Waals surface area contributed by atoms with E-state index in [9.17, 15) is 4.79 Å². The van der Waals surface area contributed by atoms with Gasteiger partial charge in [0.15, 0.2) is 16.6 Å². The molecule has 0 unspecified atom stereocenters. The van der Waals surface area contributed by atoms with E-state index in [-0.39, 0.29) is 11.6 Å². The number of nitrogens with zero attached hydrogens (tertiary/aromatic N) is 3. The van der Waals surface area contributed by atoms with E-state index in [1.807, 2.05) is 0 Å². The third-order valence-corrected chi connectivity index (χ3v) is 4.32. The van der Waals surface area contributed by atoms with Crippen molar-refractivity contribution in [1.82, 2.24) is 15.0 Å². The fourth-order valence-electron chi connectivity index (χ4n) is 2.39. The second-order valence-corrected chi connectivity index (χ2v) is 6.30. The van der Waals surface area contributed by atoms with Crippen molar-refractivity contribution in [2.24, 2.45) is 0 Å². The number of likely N-dealkylation sites (tertiary alicyclic amines) is 1. The van der Waals surface area contributed by atoms with Gasteiger partial charge in [0.25, 0.3) is 5.91 Å². The van der Waals surface area contributed by atoms with Crippen molar-refractivity contribution in [3.05, 3.63) is 28.6 Å². The van der Waals surface area contributed by atoms with E-state index < -0.39 is 0 Å². The number of carbonyl (C=O) groups excluding carboxylic acids is 1. The average molecular weight is 322 g/mol. The molecule has 0 aromatic carbocycles. The van der Waals surface area contributed by atoms with Crippen LogP contribution < -0.4 is 5.32 Å². The van der Waals surface area contributed by atoms with Crippen molar-refractivity contribution in [1.29, 1.82) is 0 Å². The number of hydrogen-bond donors (Lipinski definition) is 1. The lowest BCUT2D eigenvalue weighted by Gasteiger charge is -2.10. The van der Waals surface area contributed by atoms with E-state index in [2.05, 4.69) is 20.4 Å². The molecule has 3 heterocycles. The minimum Gasteiger partial charge on any atom is -0.379 e. The van der Waals surface area contributed by atoms with E-state index >= 15 is 0 Å². The number of nitrogens with one attached hydrogen (secondary N) is 1. The van der Waals surface area contributed by atoms with Gasteiger partial charge < -0.3 is 9.26 Å². The van der Waals surface area contributed by atoms with Gasteiger partial charge in [-0.1, -0.05) is 16.5 Å². The second kappa shape index (κ2) is 6.99. The first-order valence-electron chi connectivity index (χ1n) is 7.17. The maximum Gasteiger partial charge on any atom is 0.279 e. The summed E-state index contributed by atoms with van der Waals surface area (Å²) in [4.78, 5) is 19.5. The fraction of sp³-hybridized carbons (Fsp3) is 0.500. The van der Waals surface area contributed by atoms with Crippen LogP contribution in [0.2, 0.25) is 0 Å². The molecular formula is C14H18N4O3S. The Morgan fingerprint density at radius 3 is 3.09 bits per heavy atom. The molecule has 2 aromatic rings. The van der Waals surface area contributed by atoms with E-state index in [1.54, 1.807) is 19.4 Å². The molecule has 0 bridgehead atoms. The van der Waals surface area contributed by atoms with Crippen molar-refractivity contribution in [3.8, 4) is 0 Å². The summed E-state index contributed by atoms with van der Waals surface area (Å²) in [5.41, 5.74) is 0.276. The lowest BCUT2D eigenvalue weighted by atomic mass is 10.3. The summed E-state index contributed by atoms with van der Waals surface area (Å²) < 4.78 is 10.3. The third-order valence-electron chi connectivity index (χ3n) is 3.43. The number of aromatic nitrogens is 2. The van der Waals surface area contributed by atoms with Gasteiger partial charge >= 0.3 is 0 Å². The van der Waals surface area contributed by atoms with E-state index in [1.165, 1.54) is 24.2 Å². The highest BCUT2D eigenvalue weighted by Crippen LogP contribution is 2.20. The van der Waals surface area contributed by atoms with Crippen LogP contribution in [-0.4, -0.2) is 41.1 Å². The molecule has 8 heteroatoms. The summed E-state index contributed by atoms with van der Waals surface area (Å²) in [7, 11) is 1.62. The normalized spacial score (nSPS) is 15.3. The van der Waals surface area contributed by atoms with Gasteiger partial charge in [-0.05, 0) is 25.9 Å². The van der Waals surface area contributed by atoms with E-state index in [0.717, 1.165) is 18.0 Å². The van der Waals surface area contributed by atoms with Gasteiger partial charge in [-0.2, -0.15) is 0 Å². The standard InChI is InChI=1S/C14H18N4O3S/c1-20-9-11-7-15-14(22-11)16-13(19)12-6-10(21-17-12)8-18-4-2-3-5-18/h6-7H,2-5,8-9H2,1H3,(H,15,16,19). The molecule has 3 rings (SSSR count). The van der Waals surface area contributed by atoms with Gasteiger partial charge in [0.05, 0.1) is 18.0 Å². The number of anilines is 1. The van der Waals surface area contributed by atoms with Gasteiger partial charge in [0, 0.05) is 19.4 Å². The molecule has 0 atom stereocenters. The highest BCUT2D eigenvalue weighted by atomic mass is 32.1. The number of thiazole rings is 1. The quantitative estimate of drug-likeness (QED) is 0.877. The van der Waals surface area contributed by atoms with E-state index in [0.29, 0.717) is 24.0 Å². The van der Waals surface area contributed by atoms with Crippen LogP contribution in [0, 0.1) is 0 Å². The van der Waals surface area contributed by atoms with Gasteiger partial charge in [-0.3, -0.25) is 15.0 Å². The minimum absolute atomic E-state index is 0.276. The number of hydrogen-bond acceptors (Lipinski definition) is 7. The first kappa shape index (κ1) is 15.1. The molecule has 118 valence electrons. The van der Waals surface area contributed by atoms with Crippen LogP contribution in [0.4, 0.5) is 5.13 Å². The number of amides is 1. The van der Waals surface area contributed by atoms with Crippen LogP contribution in [0.25, 0.3) is 0 Å². The van der Waals surface area contributed by atoms with Crippen molar-refractivity contribution >= 4 is 22.4 Å².